The topological polar surface area (TPSA) is 42.7 Å². The van der Waals surface area contributed by atoms with Crippen LogP contribution < -0.4 is 5.32 Å². The van der Waals surface area contributed by atoms with E-state index in [1.807, 2.05) is 0 Å². The van der Waals surface area contributed by atoms with Crippen molar-refractivity contribution in [3.8, 4) is 0 Å². The van der Waals surface area contributed by atoms with Crippen molar-refractivity contribution in [1.29, 1.82) is 0 Å². The zero-order chi connectivity index (χ0) is 15.2. The van der Waals surface area contributed by atoms with Crippen molar-refractivity contribution in [3.63, 3.8) is 0 Å². The molecule has 4 heteroatoms. The van der Waals surface area contributed by atoms with Crippen LogP contribution in [-0.4, -0.2) is 27.4 Å². The van der Waals surface area contributed by atoms with Gasteiger partial charge in [0, 0.05) is 19.0 Å². The molecule has 120 valence electrons. The number of aromatic nitrogens is 3. The van der Waals surface area contributed by atoms with Crippen LogP contribution in [0.15, 0.2) is 6.33 Å². The van der Waals surface area contributed by atoms with E-state index in [1.54, 1.807) is 6.33 Å². The molecule has 0 bridgehead atoms. The number of nitrogens with one attached hydrogen (secondary N) is 1. The van der Waals surface area contributed by atoms with Crippen molar-refractivity contribution in [2.24, 2.45) is 17.8 Å². The van der Waals surface area contributed by atoms with E-state index in [0.29, 0.717) is 6.04 Å². The standard InChI is InChI=1S/C17H32N4/c1-5-8-21-17(19-12-20-21)10-16-9-14(4)6-7-15(16)11-18-13(2)3/h12-16,18H,5-11H2,1-4H3. The molecule has 4 nitrogen and oxygen atoms in total. The Morgan fingerprint density at radius 3 is 2.86 bits per heavy atom. The zero-order valence-electron chi connectivity index (χ0n) is 14.2. The molecule has 1 fully saturated rings. The predicted molar refractivity (Wildman–Crippen MR) is 87.2 cm³/mol. The minimum absolute atomic E-state index is 0.578. The van der Waals surface area contributed by atoms with Crippen LogP contribution in [0.3, 0.4) is 0 Å². The van der Waals surface area contributed by atoms with Crippen molar-refractivity contribution in [1.82, 2.24) is 20.1 Å². The van der Waals surface area contributed by atoms with Crippen molar-refractivity contribution in [2.45, 2.75) is 72.4 Å². The number of nitrogens with zero attached hydrogens (tertiary/aromatic N) is 3. The minimum Gasteiger partial charge on any atom is -0.314 e. The molecule has 3 unspecified atom stereocenters. The Bertz CT molecular complexity index is 413. The molecule has 1 aliphatic carbocycles. The van der Waals surface area contributed by atoms with E-state index in [-0.39, 0.29) is 0 Å². The van der Waals surface area contributed by atoms with Crippen LogP contribution in [-0.2, 0) is 13.0 Å². The van der Waals surface area contributed by atoms with Crippen LogP contribution in [0, 0.1) is 17.8 Å². The van der Waals surface area contributed by atoms with Gasteiger partial charge < -0.3 is 5.32 Å². The fourth-order valence-corrected chi connectivity index (χ4v) is 3.55. The smallest absolute Gasteiger partial charge is 0.138 e. The second kappa shape index (κ2) is 7.92. The molecule has 0 aromatic carbocycles. The van der Waals surface area contributed by atoms with Gasteiger partial charge >= 0.3 is 0 Å². The largest absolute Gasteiger partial charge is 0.314 e. The highest BCUT2D eigenvalue weighted by molar-refractivity contribution is 4.92. The van der Waals surface area contributed by atoms with Gasteiger partial charge in [-0.2, -0.15) is 5.10 Å². The van der Waals surface area contributed by atoms with E-state index in [4.69, 9.17) is 0 Å². The maximum Gasteiger partial charge on any atom is 0.138 e. The van der Waals surface area contributed by atoms with Crippen LogP contribution >= 0.6 is 0 Å². The van der Waals surface area contributed by atoms with Gasteiger partial charge in [-0.1, -0.05) is 34.1 Å². The quantitative estimate of drug-likeness (QED) is 0.838. The van der Waals surface area contributed by atoms with Crippen LogP contribution in [0.4, 0.5) is 0 Å². The summed E-state index contributed by atoms with van der Waals surface area (Å²) < 4.78 is 2.10. The van der Waals surface area contributed by atoms with Crippen LogP contribution in [0.1, 0.15) is 59.2 Å². The average Bonchev–Trinajstić information content (AvgIpc) is 2.85. The summed E-state index contributed by atoms with van der Waals surface area (Å²) in [5, 5.41) is 8.02. The maximum atomic E-state index is 4.52. The summed E-state index contributed by atoms with van der Waals surface area (Å²) >= 11 is 0. The first-order valence-electron chi connectivity index (χ1n) is 8.70. The molecular formula is C17H32N4. The summed E-state index contributed by atoms with van der Waals surface area (Å²) in [5.74, 6) is 3.58. The number of hydrogen-bond acceptors (Lipinski definition) is 3. The molecule has 0 aliphatic heterocycles. The second-order valence-electron chi connectivity index (χ2n) is 7.10. The summed E-state index contributed by atoms with van der Waals surface area (Å²) in [6.07, 6.45) is 8.00. The van der Waals surface area contributed by atoms with Crippen molar-refractivity contribution in [2.75, 3.05) is 6.54 Å². The Labute approximate surface area is 129 Å². The Hall–Kier alpha value is -0.900. The van der Waals surface area contributed by atoms with E-state index in [9.17, 15) is 0 Å². The third-order valence-electron chi connectivity index (χ3n) is 4.77. The van der Waals surface area contributed by atoms with Crippen molar-refractivity contribution < 1.29 is 0 Å². The summed E-state index contributed by atoms with van der Waals surface area (Å²) in [7, 11) is 0. The summed E-state index contributed by atoms with van der Waals surface area (Å²) in [5.41, 5.74) is 0. The molecular weight excluding hydrogens is 260 g/mol. The first kappa shape index (κ1) is 16.5. The van der Waals surface area contributed by atoms with Crippen molar-refractivity contribution in [3.05, 3.63) is 12.2 Å². The molecule has 1 aromatic heterocycles. The molecule has 0 saturated heterocycles. The molecule has 0 amide bonds. The van der Waals surface area contributed by atoms with E-state index < -0.39 is 0 Å². The highest BCUT2D eigenvalue weighted by Crippen LogP contribution is 2.35. The number of aryl methyl sites for hydroxylation is 1. The number of hydrogen-bond donors (Lipinski definition) is 1. The molecule has 0 spiro atoms. The van der Waals surface area contributed by atoms with Gasteiger partial charge in [0.05, 0.1) is 0 Å². The first-order chi connectivity index (χ1) is 10.1. The molecule has 2 rings (SSSR count). The highest BCUT2D eigenvalue weighted by Gasteiger charge is 2.29. The molecule has 1 aromatic rings. The van der Waals surface area contributed by atoms with Crippen LogP contribution in [0.5, 0.6) is 0 Å². The Balaban J connectivity index is 2.00. The molecule has 1 N–H and O–H groups in total. The summed E-state index contributed by atoms with van der Waals surface area (Å²) in [4.78, 5) is 4.52. The number of rotatable bonds is 7. The zero-order valence-corrected chi connectivity index (χ0v) is 14.2. The third-order valence-corrected chi connectivity index (χ3v) is 4.77. The average molecular weight is 292 g/mol. The summed E-state index contributed by atoms with van der Waals surface area (Å²) in [6.45, 7) is 11.2. The Morgan fingerprint density at radius 1 is 1.33 bits per heavy atom. The molecule has 21 heavy (non-hydrogen) atoms. The van der Waals surface area contributed by atoms with Gasteiger partial charge in [-0.25, -0.2) is 4.98 Å². The van der Waals surface area contributed by atoms with Gasteiger partial charge in [-0.05, 0) is 43.6 Å². The monoisotopic (exact) mass is 292 g/mol. The van der Waals surface area contributed by atoms with E-state index in [2.05, 4.69) is 47.8 Å². The van der Waals surface area contributed by atoms with Gasteiger partial charge in [0.2, 0.25) is 0 Å². The molecule has 1 aliphatic rings. The molecule has 1 heterocycles. The SMILES string of the molecule is CCCn1ncnc1CC1CC(C)CCC1CNC(C)C. The second-order valence-corrected chi connectivity index (χ2v) is 7.10. The third kappa shape index (κ3) is 4.80. The van der Waals surface area contributed by atoms with Gasteiger partial charge in [-0.3, -0.25) is 4.68 Å². The van der Waals surface area contributed by atoms with Gasteiger partial charge in [-0.15, -0.1) is 0 Å². The summed E-state index contributed by atoms with van der Waals surface area (Å²) in [6, 6.07) is 0.578. The predicted octanol–water partition coefficient (Wildman–Crippen LogP) is 3.28. The van der Waals surface area contributed by atoms with Crippen LogP contribution in [0.2, 0.25) is 0 Å². The Kier molecular flexibility index (Phi) is 6.22. The lowest BCUT2D eigenvalue weighted by Crippen LogP contribution is -2.36. The fourth-order valence-electron chi connectivity index (χ4n) is 3.55. The first-order valence-corrected chi connectivity index (χ1v) is 8.70. The van der Waals surface area contributed by atoms with E-state index in [0.717, 1.165) is 43.7 Å². The van der Waals surface area contributed by atoms with E-state index in [1.165, 1.54) is 25.1 Å². The normalized spacial score (nSPS) is 26.4. The Morgan fingerprint density at radius 2 is 2.14 bits per heavy atom. The van der Waals surface area contributed by atoms with Crippen molar-refractivity contribution >= 4 is 0 Å². The lowest BCUT2D eigenvalue weighted by Gasteiger charge is -2.35. The van der Waals surface area contributed by atoms with E-state index >= 15 is 0 Å². The van der Waals surface area contributed by atoms with Gasteiger partial charge in [0.15, 0.2) is 0 Å². The van der Waals surface area contributed by atoms with Crippen LogP contribution in [0.25, 0.3) is 0 Å². The molecule has 3 atom stereocenters. The fraction of sp³-hybridized carbons (Fsp3) is 0.882. The maximum absolute atomic E-state index is 4.52. The molecule has 1 saturated carbocycles. The minimum atomic E-state index is 0.578. The van der Waals surface area contributed by atoms with Gasteiger partial charge in [0.1, 0.15) is 12.2 Å². The highest BCUT2D eigenvalue weighted by atomic mass is 15.3. The lowest BCUT2D eigenvalue weighted by atomic mass is 9.73. The lowest BCUT2D eigenvalue weighted by molar-refractivity contribution is 0.177. The van der Waals surface area contributed by atoms with Gasteiger partial charge in [0.25, 0.3) is 0 Å². The molecule has 0 radical (unpaired) electrons.